The summed E-state index contributed by atoms with van der Waals surface area (Å²) in [7, 11) is 0. The maximum Gasteiger partial charge on any atom is 0.290 e. The maximum absolute atomic E-state index is 13.2. The molecule has 7 nitrogen and oxygen atoms in total. The van der Waals surface area contributed by atoms with E-state index in [9.17, 15) is 9.59 Å². The summed E-state index contributed by atoms with van der Waals surface area (Å²) in [6.45, 7) is 15.1. The lowest BCUT2D eigenvalue weighted by Crippen LogP contribution is -2.52. The largest absolute Gasteiger partial charge is 0.366 e. The number of nitrogens with zero attached hydrogens (tertiary/aromatic N) is 4. The zero-order valence-electron chi connectivity index (χ0n) is 19.4. The fraction of sp³-hybridized carbons (Fsp3) is 0.625. The lowest BCUT2D eigenvalue weighted by atomic mass is 9.90. The highest BCUT2D eigenvalue weighted by Gasteiger charge is 2.34. The van der Waals surface area contributed by atoms with E-state index in [1.807, 2.05) is 0 Å². The number of aryl methyl sites for hydroxylation is 1. The van der Waals surface area contributed by atoms with Gasteiger partial charge in [0.25, 0.3) is 5.91 Å². The van der Waals surface area contributed by atoms with E-state index in [0.717, 1.165) is 50.1 Å². The Bertz CT molecular complexity index is 984. The number of carbonyl (C=O) groups is 2. The number of ketones is 1. The van der Waals surface area contributed by atoms with Gasteiger partial charge in [-0.15, -0.1) is 0 Å². The van der Waals surface area contributed by atoms with Crippen LogP contribution in [0.4, 0.5) is 5.69 Å². The molecule has 2 aliphatic heterocycles. The van der Waals surface area contributed by atoms with Crippen LogP contribution in [-0.4, -0.2) is 76.3 Å². The Morgan fingerprint density at radius 3 is 2.65 bits per heavy atom. The molecular weight excluding hydrogens is 390 g/mol. The first-order valence-electron chi connectivity index (χ1n) is 11.6. The van der Waals surface area contributed by atoms with Gasteiger partial charge < -0.3 is 14.8 Å². The monoisotopic (exact) mass is 425 g/mol. The molecule has 3 atom stereocenters. The molecule has 3 heterocycles. The zero-order valence-corrected chi connectivity index (χ0v) is 19.4. The number of carbonyl (C=O) groups excluding carboxylic acids is 2. The van der Waals surface area contributed by atoms with E-state index in [2.05, 4.69) is 59.6 Å². The second-order valence-electron chi connectivity index (χ2n) is 9.43. The summed E-state index contributed by atoms with van der Waals surface area (Å²) in [5, 5.41) is 0. The molecule has 31 heavy (non-hydrogen) atoms. The number of fused-ring (bicyclic) bond motifs is 1. The number of aromatic amines is 1. The normalized spacial score (nSPS) is 25.3. The fourth-order valence-corrected chi connectivity index (χ4v) is 5.15. The molecule has 0 bridgehead atoms. The van der Waals surface area contributed by atoms with Crippen LogP contribution in [0.3, 0.4) is 0 Å². The lowest BCUT2D eigenvalue weighted by molar-refractivity contribution is -0.122. The summed E-state index contributed by atoms with van der Waals surface area (Å²) in [5.74, 6) is 0.659. The predicted molar refractivity (Wildman–Crippen MR) is 124 cm³/mol. The number of piperidine rings is 1. The summed E-state index contributed by atoms with van der Waals surface area (Å²) < 4.78 is 0. The number of H-pyrrole nitrogens is 1. The van der Waals surface area contributed by atoms with Crippen molar-refractivity contribution in [2.75, 3.05) is 37.6 Å². The van der Waals surface area contributed by atoms with Crippen LogP contribution in [0.15, 0.2) is 12.1 Å². The minimum absolute atomic E-state index is 0.0503. The van der Waals surface area contributed by atoms with E-state index in [1.165, 1.54) is 11.3 Å². The number of benzene rings is 1. The number of anilines is 1. The van der Waals surface area contributed by atoms with Crippen molar-refractivity contribution in [3.8, 4) is 0 Å². The van der Waals surface area contributed by atoms with Crippen molar-refractivity contribution in [1.29, 1.82) is 0 Å². The third-order valence-electron chi connectivity index (χ3n) is 7.07. The Labute approximate surface area is 184 Å². The van der Waals surface area contributed by atoms with Gasteiger partial charge in [-0.2, -0.15) is 0 Å². The van der Waals surface area contributed by atoms with E-state index >= 15 is 0 Å². The topological polar surface area (TPSA) is 72.5 Å². The molecule has 2 aromatic rings. The van der Waals surface area contributed by atoms with Crippen molar-refractivity contribution >= 4 is 28.4 Å². The first-order valence-corrected chi connectivity index (χ1v) is 11.6. The van der Waals surface area contributed by atoms with Gasteiger partial charge in [0.1, 0.15) is 0 Å². The molecule has 0 spiro atoms. The molecule has 2 aliphatic rings. The maximum atomic E-state index is 13.2. The zero-order chi connectivity index (χ0) is 22.3. The van der Waals surface area contributed by atoms with Crippen molar-refractivity contribution in [3.63, 3.8) is 0 Å². The molecule has 1 aromatic carbocycles. The van der Waals surface area contributed by atoms with Crippen LogP contribution in [0.1, 0.15) is 56.7 Å². The molecular formula is C24H35N5O2. The molecule has 7 heteroatoms. The van der Waals surface area contributed by atoms with Gasteiger partial charge in [0.05, 0.1) is 17.1 Å². The summed E-state index contributed by atoms with van der Waals surface area (Å²) in [4.78, 5) is 39.9. The van der Waals surface area contributed by atoms with E-state index in [4.69, 9.17) is 0 Å². The lowest BCUT2D eigenvalue weighted by Gasteiger charge is -2.41. The quantitative estimate of drug-likeness (QED) is 0.814. The third kappa shape index (κ3) is 4.20. The molecule has 168 valence electrons. The standard InChI is InChI=1S/C24H35N5O2/c1-6-27-9-10-28(17(4)14-27)21-13-20-19(12-16(21)3)25-23(26-20)24(31)29-8-7-15(2)11-22(29)18(5)30/h12-13,15,17,22H,6-11,14H2,1-5H3,(H,25,26)/t15?,17-,22?/m0/s1. The predicted octanol–water partition coefficient (Wildman–Crippen LogP) is 3.23. The van der Waals surface area contributed by atoms with Gasteiger partial charge in [0.2, 0.25) is 0 Å². The van der Waals surface area contributed by atoms with Gasteiger partial charge in [0, 0.05) is 37.9 Å². The molecule has 2 unspecified atom stereocenters. The van der Waals surface area contributed by atoms with Crippen molar-refractivity contribution in [2.24, 2.45) is 5.92 Å². The smallest absolute Gasteiger partial charge is 0.290 e. The molecule has 2 fully saturated rings. The number of aromatic nitrogens is 2. The number of nitrogens with one attached hydrogen (secondary N) is 1. The van der Waals surface area contributed by atoms with Gasteiger partial charge in [-0.05, 0) is 63.8 Å². The summed E-state index contributed by atoms with van der Waals surface area (Å²) in [6, 6.07) is 4.28. The van der Waals surface area contributed by atoms with Gasteiger partial charge in [0.15, 0.2) is 11.6 Å². The molecule has 1 amide bonds. The van der Waals surface area contributed by atoms with Crippen molar-refractivity contribution in [2.45, 2.75) is 59.5 Å². The minimum Gasteiger partial charge on any atom is -0.366 e. The number of likely N-dealkylation sites (tertiary alicyclic amines) is 1. The van der Waals surface area contributed by atoms with Crippen LogP contribution in [0, 0.1) is 12.8 Å². The highest BCUT2D eigenvalue weighted by molar-refractivity contribution is 5.98. The van der Waals surface area contributed by atoms with Crippen molar-refractivity contribution in [1.82, 2.24) is 19.8 Å². The first kappa shape index (κ1) is 21.8. The van der Waals surface area contributed by atoms with Crippen LogP contribution in [-0.2, 0) is 4.79 Å². The van der Waals surface area contributed by atoms with Crippen molar-refractivity contribution in [3.05, 3.63) is 23.5 Å². The van der Waals surface area contributed by atoms with Gasteiger partial charge in [-0.3, -0.25) is 14.5 Å². The molecule has 0 saturated carbocycles. The Hall–Kier alpha value is -2.41. The van der Waals surface area contributed by atoms with Crippen LogP contribution in [0.5, 0.6) is 0 Å². The van der Waals surface area contributed by atoms with E-state index in [1.54, 1.807) is 11.8 Å². The number of amides is 1. The average molecular weight is 426 g/mol. The number of hydrogen-bond acceptors (Lipinski definition) is 5. The van der Waals surface area contributed by atoms with Crippen LogP contribution >= 0.6 is 0 Å². The number of likely N-dealkylation sites (N-methyl/N-ethyl adjacent to an activating group) is 1. The summed E-state index contributed by atoms with van der Waals surface area (Å²) in [6.07, 6.45) is 1.65. The molecule has 4 rings (SSSR count). The van der Waals surface area contributed by atoms with Crippen LogP contribution in [0.25, 0.3) is 11.0 Å². The Morgan fingerprint density at radius 2 is 1.97 bits per heavy atom. The van der Waals surface area contributed by atoms with E-state index in [-0.39, 0.29) is 17.7 Å². The Balaban J connectivity index is 1.61. The summed E-state index contributed by atoms with van der Waals surface area (Å²) >= 11 is 0. The number of hydrogen-bond donors (Lipinski definition) is 1. The number of piperazine rings is 1. The Kier molecular flexibility index (Phi) is 6.06. The Morgan fingerprint density at radius 1 is 1.19 bits per heavy atom. The molecule has 1 N–H and O–H groups in total. The molecule has 2 saturated heterocycles. The SMILES string of the molecule is CCN1CCN(c2cc3nc(C(=O)N4CCC(C)CC4C(C)=O)[nH]c3cc2C)[C@@H](C)C1. The molecule has 0 aliphatic carbocycles. The van der Waals surface area contributed by atoms with Crippen LogP contribution in [0.2, 0.25) is 0 Å². The highest BCUT2D eigenvalue weighted by Crippen LogP contribution is 2.30. The fourth-order valence-electron chi connectivity index (χ4n) is 5.15. The van der Waals surface area contributed by atoms with Gasteiger partial charge >= 0.3 is 0 Å². The van der Waals surface area contributed by atoms with E-state index < -0.39 is 0 Å². The second-order valence-corrected chi connectivity index (χ2v) is 9.43. The number of Topliss-reactive ketones (excluding diaryl/α,β-unsaturated/α-hetero) is 1. The second kappa shape index (κ2) is 8.61. The third-order valence-corrected chi connectivity index (χ3v) is 7.07. The molecule has 0 radical (unpaired) electrons. The van der Waals surface area contributed by atoms with Gasteiger partial charge in [-0.1, -0.05) is 13.8 Å². The highest BCUT2D eigenvalue weighted by atomic mass is 16.2. The first-order chi connectivity index (χ1) is 14.8. The van der Waals surface area contributed by atoms with Crippen LogP contribution < -0.4 is 4.90 Å². The average Bonchev–Trinajstić information content (AvgIpc) is 3.15. The molecule has 1 aromatic heterocycles. The van der Waals surface area contributed by atoms with E-state index in [0.29, 0.717) is 24.3 Å². The minimum atomic E-state index is -0.350. The van der Waals surface area contributed by atoms with Gasteiger partial charge in [-0.25, -0.2) is 4.98 Å². The number of rotatable bonds is 4. The number of imidazole rings is 1. The van der Waals surface area contributed by atoms with Crippen molar-refractivity contribution < 1.29 is 9.59 Å². The summed E-state index contributed by atoms with van der Waals surface area (Å²) in [5.41, 5.74) is 4.04.